The van der Waals surface area contributed by atoms with Crippen LogP contribution in [0.15, 0.2) is 67.0 Å². The highest BCUT2D eigenvalue weighted by molar-refractivity contribution is 5.90. The molecule has 0 aliphatic carbocycles. The van der Waals surface area contributed by atoms with Gasteiger partial charge in [0.1, 0.15) is 0 Å². The third-order valence-electron chi connectivity index (χ3n) is 4.18. The fourth-order valence-corrected chi connectivity index (χ4v) is 2.67. The lowest BCUT2D eigenvalue weighted by Gasteiger charge is -2.06. The molecule has 1 aromatic heterocycles. The van der Waals surface area contributed by atoms with Crippen molar-refractivity contribution in [3.63, 3.8) is 0 Å². The standard InChI is InChI=1S/C21H22N4O2/c1-22-21(27)13-16-7-10-18(11-8-16)24-20(26)12-9-17-14-23-25(15-17)19-5-3-2-4-6-19/h2-8,10-11,14-15H,9,12-13H2,1H3,(H,22,27)(H,24,26). The maximum atomic E-state index is 12.2. The van der Waals surface area contributed by atoms with E-state index in [-0.39, 0.29) is 11.8 Å². The molecule has 0 saturated heterocycles. The molecule has 0 atom stereocenters. The highest BCUT2D eigenvalue weighted by atomic mass is 16.2. The minimum Gasteiger partial charge on any atom is -0.359 e. The van der Waals surface area contributed by atoms with E-state index >= 15 is 0 Å². The Bertz CT molecular complexity index is 901. The van der Waals surface area contributed by atoms with Crippen LogP contribution in [0.25, 0.3) is 5.69 Å². The van der Waals surface area contributed by atoms with Crippen LogP contribution in [-0.4, -0.2) is 28.6 Å². The molecule has 0 unspecified atom stereocenters. The fourth-order valence-electron chi connectivity index (χ4n) is 2.67. The summed E-state index contributed by atoms with van der Waals surface area (Å²) in [5, 5.41) is 9.81. The summed E-state index contributed by atoms with van der Waals surface area (Å²) in [4.78, 5) is 23.5. The van der Waals surface area contributed by atoms with Crippen molar-refractivity contribution < 1.29 is 9.59 Å². The van der Waals surface area contributed by atoms with Crippen LogP contribution in [-0.2, 0) is 22.4 Å². The summed E-state index contributed by atoms with van der Waals surface area (Å²) < 4.78 is 1.80. The Kier molecular flexibility index (Phi) is 5.99. The molecule has 1 heterocycles. The summed E-state index contributed by atoms with van der Waals surface area (Å²) in [6.07, 6.45) is 5.05. The van der Waals surface area contributed by atoms with E-state index in [0.29, 0.717) is 19.3 Å². The van der Waals surface area contributed by atoms with Crippen molar-refractivity contribution in [2.24, 2.45) is 0 Å². The lowest BCUT2D eigenvalue weighted by molar-refractivity contribution is -0.120. The van der Waals surface area contributed by atoms with E-state index in [0.717, 1.165) is 22.5 Å². The molecule has 0 aliphatic rings. The molecule has 2 N–H and O–H groups in total. The SMILES string of the molecule is CNC(=O)Cc1ccc(NC(=O)CCc2cnn(-c3ccccc3)c2)cc1. The Morgan fingerprint density at radius 2 is 1.70 bits per heavy atom. The number of anilines is 1. The quantitative estimate of drug-likeness (QED) is 0.678. The van der Waals surface area contributed by atoms with Gasteiger partial charge in [-0.05, 0) is 41.8 Å². The number of benzene rings is 2. The molecule has 3 aromatic rings. The molecule has 3 rings (SSSR count). The van der Waals surface area contributed by atoms with Crippen LogP contribution in [0.4, 0.5) is 5.69 Å². The number of aryl methyl sites for hydroxylation is 1. The number of rotatable bonds is 7. The van der Waals surface area contributed by atoms with Gasteiger partial charge in [-0.25, -0.2) is 4.68 Å². The van der Waals surface area contributed by atoms with Gasteiger partial charge < -0.3 is 10.6 Å². The van der Waals surface area contributed by atoms with E-state index in [1.807, 2.05) is 60.8 Å². The van der Waals surface area contributed by atoms with Crippen LogP contribution < -0.4 is 10.6 Å². The van der Waals surface area contributed by atoms with Crippen molar-refractivity contribution in [1.29, 1.82) is 0 Å². The van der Waals surface area contributed by atoms with Crippen LogP contribution in [0.5, 0.6) is 0 Å². The highest BCUT2D eigenvalue weighted by Gasteiger charge is 2.07. The first kappa shape index (κ1) is 18.4. The monoisotopic (exact) mass is 362 g/mol. The molecular formula is C21H22N4O2. The predicted molar refractivity (Wildman–Crippen MR) is 105 cm³/mol. The maximum Gasteiger partial charge on any atom is 0.224 e. The van der Waals surface area contributed by atoms with Crippen LogP contribution in [0.3, 0.4) is 0 Å². The largest absolute Gasteiger partial charge is 0.359 e. The lowest BCUT2D eigenvalue weighted by atomic mass is 10.1. The average molecular weight is 362 g/mol. The van der Waals surface area contributed by atoms with E-state index in [4.69, 9.17) is 0 Å². The second-order valence-corrected chi connectivity index (χ2v) is 6.22. The summed E-state index contributed by atoms with van der Waals surface area (Å²) in [5.41, 5.74) is 3.63. The minimum absolute atomic E-state index is 0.0390. The number of nitrogens with zero attached hydrogens (tertiary/aromatic N) is 2. The molecule has 0 bridgehead atoms. The average Bonchev–Trinajstić information content (AvgIpc) is 3.17. The number of aromatic nitrogens is 2. The molecule has 0 saturated carbocycles. The van der Waals surface area contributed by atoms with Gasteiger partial charge in [-0.1, -0.05) is 30.3 Å². The van der Waals surface area contributed by atoms with Gasteiger partial charge in [0.25, 0.3) is 0 Å². The summed E-state index contributed by atoms with van der Waals surface area (Å²) in [7, 11) is 1.61. The van der Waals surface area contributed by atoms with E-state index in [1.54, 1.807) is 17.9 Å². The van der Waals surface area contributed by atoms with E-state index in [9.17, 15) is 9.59 Å². The molecule has 2 amide bonds. The summed E-state index contributed by atoms with van der Waals surface area (Å²) in [5.74, 6) is -0.0932. The third kappa shape index (κ3) is 5.28. The van der Waals surface area contributed by atoms with Crippen molar-refractivity contribution in [1.82, 2.24) is 15.1 Å². The zero-order chi connectivity index (χ0) is 19.1. The topological polar surface area (TPSA) is 76.0 Å². The number of carbonyl (C=O) groups excluding carboxylic acids is 2. The number of hydrogen-bond acceptors (Lipinski definition) is 3. The first-order chi connectivity index (χ1) is 13.1. The van der Waals surface area contributed by atoms with Crippen LogP contribution in [0.1, 0.15) is 17.5 Å². The van der Waals surface area contributed by atoms with E-state index in [2.05, 4.69) is 15.7 Å². The van der Waals surface area contributed by atoms with Gasteiger partial charge in [0.15, 0.2) is 0 Å². The van der Waals surface area contributed by atoms with Crippen LogP contribution in [0, 0.1) is 0 Å². The molecule has 0 fully saturated rings. The molecule has 6 heteroatoms. The molecular weight excluding hydrogens is 340 g/mol. The molecule has 138 valence electrons. The number of para-hydroxylation sites is 1. The minimum atomic E-state index is -0.0542. The molecule has 0 radical (unpaired) electrons. The normalized spacial score (nSPS) is 10.4. The highest BCUT2D eigenvalue weighted by Crippen LogP contribution is 2.12. The van der Waals surface area contributed by atoms with Crippen molar-refractivity contribution in [3.05, 3.63) is 78.1 Å². The molecule has 6 nitrogen and oxygen atoms in total. The molecule has 2 aromatic carbocycles. The smallest absolute Gasteiger partial charge is 0.224 e. The lowest BCUT2D eigenvalue weighted by Crippen LogP contribution is -2.19. The Morgan fingerprint density at radius 3 is 2.41 bits per heavy atom. The Labute approximate surface area is 158 Å². The summed E-state index contributed by atoms with van der Waals surface area (Å²) >= 11 is 0. The fraction of sp³-hybridized carbons (Fsp3) is 0.190. The number of hydrogen-bond donors (Lipinski definition) is 2. The van der Waals surface area contributed by atoms with E-state index < -0.39 is 0 Å². The Morgan fingerprint density at radius 1 is 0.963 bits per heavy atom. The first-order valence-electron chi connectivity index (χ1n) is 8.82. The predicted octanol–water partition coefficient (Wildman–Crippen LogP) is 2.73. The van der Waals surface area contributed by atoms with Gasteiger partial charge >= 0.3 is 0 Å². The third-order valence-corrected chi connectivity index (χ3v) is 4.18. The van der Waals surface area contributed by atoms with Crippen LogP contribution in [0.2, 0.25) is 0 Å². The van der Waals surface area contributed by atoms with Gasteiger partial charge in [0.2, 0.25) is 11.8 Å². The van der Waals surface area contributed by atoms with Gasteiger partial charge in [0, 0.05) is 25.4 Å². The molecule has 27 heavy (non-hydrogen) atoms. The summed E-state index contributed by atoms with van der Waals surface area (Å²) in [6, 6.07) is 17.2. The van der Waals surface area contributed by atoms with E-state index in [1.165, 1.54) is 0 Å². The summed E-state index contributed by atoms with van der Waals surface area (Å²) in [6.45, 7) is 0. The number of amides is 2. The molecule has 0 spiro atoms. The van der Waals surface area contributed by atoms with Gasteiger partial charge in [0.05, 0.1) is 18.3 Å². The number of likely N-dealkylation sites (N-methyl/N-ethyl adjacent to an activating group) is 1. The van der Waals surface area contributed by atoms with Crippen LogP contribution >= 0.6 is 0 Å². The molecule has 0 aliphatic heterocycles. The van der Waals surface area contributed by atoms with Gasteiger partial charge in [-0.2, -0.15) is 5.10 Å². The Balaban J connectivity index is 1.50. The zero-order valence-electron chi connectivity index (χ0n) is 15.2. The number of nitrogens with one attached hydrogen (secondary N) is 2. The number of carbonyl (C=O) groups is 2. The second kappa shape index (κ2) is 8.80. The zero-order valence-corrected chi connectivity index (χ0v) is 15.2. The van der Waals surface area contributed by atoms with Crippen molar-refractivity contribution in [2.75, 3.05) is 12.4 Å². The van der Waals surface area contributed by atoms with Crippen molar-refractivity contribution in [3.8, 4) is 5.69 Å². The van der Waals surface area contributed by atoms with Gasteiger partial charge in [-0.15, -0.1) is 0 Å². The second-order valence-electron chi connectivity index (χ2n) is 6.22. The van der Waals surface area contributed by atoms with Crippen molar-refractivity contribution >= 4 is 17.5 Å². The van der Waals surface area contributed by atoms with Gasteiger partial charge in [-0.3, -0.25) is 9.59 Å². The maximum absolute atomic E-state index is 12.2. The first-order valence-corrected chi connectivity index (χ1v) is 8.82. The Hall–Kier alpha value is -3.41. The van der Waals surface area contributed by atoms with Crippen molar-refractivity contribution in [2.45, 2.75) is 19.3 Å².